The van der Waals surface area contributed by atoms with Crippen molar-refractivity contribution < 1.29 is 24.0 Å². The van der Waals surface area contributed by atoms with Crippen molar-refractivity contribution in [1.29, 1.82) is 0 Å². The van der Waals surface area contributed by atoms with Gasteiger partial charge in [-0.15, -0.1) is 23.2 Å². The second-order valence-corrected chi connectivity index (χ2v) is 14.2. The van der Waals surface area contributed by atoms with Crippen LogP contribution in [0.3, 0.4) is 0 Å². The van der Waals surface area contributed by atoms with Gasteiger partial charge in [-0.2, -0.15) is 0 Å². The van der Waals surface area contributed by atoms with Gasteiger partial charge < -0.3 is 21.3 Å². The second kappa shape index (κ2) is 11.0. The molecule has 4 amide bonds. The van der Waals surface area contributed by atoms with E-state index in [2.05, 4.69) is 10.6 Å². The largest absolute Gasteiger partial charge is 0.363 e. The molecule has 1 saturated heterocycles. The maximum absolute atomic E-state index is 14.1. The Kier molecular flexibility index (Phi) is 8.39. The van der Waals surface area contributed by atoms with Crippen molar-refractivity contribution in [2.24, 2.45) is 35.3 Å². The summed E-state index contributed by atoms with van der Waals surface area (Å²) in [6.45, 7) is 5.78. The first-order chi connectivity index (χ1) is 17.7. The van der Waals surface area contributed by atoms with Gasteiger partial charge in [-0.1, -0.05) is 32.1 Å². The van der Waals surface area contributed by atoms with E-state index < -0.39 is 51.5 Å². The highest BCUT2D eigenvalue weighted by Gasteiger charge is 2.73. The highest BCUT2D eigenvalue weighted by molar-refractivity contribution is 6.51. The lowest BCUT2D eigenvalue weighted by molar-refractivity contribution is -0.143. The summed E-state index contributed by atoms with van der Waals surface area (Å²) >= 11 is 13.0. The van der Waals surface area contributed by atoms with Gasteiger partial charge in [0.1, 0.15) is 10.4 Å². The number of halogens is 2. The number of alkyl halides is 2. The van der Waals surface area contributed by atoms with Gasteiger partial charge in [0.05, 0.1) is 6.04 Å². The van der Waals surface area contributed by atoms with Crippen molar-refractivity contribution in [2.75, 3.05) is 6.54 Å². The van der Waals surface area contributed by atoms with Crippen LogP contribution in [0.25, 0.3) is 0 Å². The van der Waals surface area contributed by atoms with Gasteiger partial charge in [0.2, 0.25) is 11.7 Å². The monoisotopic (exact) mass is 570 g/mol. The minimum atomic E-state index is -1.13. The Hall–Kier alpha value is -1.87. The lowest BCUT2D eigenvalue weighted by Gasteiger charge is -2.37. The molecule has 4 N–H and O–H groups in total. The summed E-state index contributed by atoms with van der Waals surface area (Å²) in [7, 11) is 0. The number of nitrogens with one attached hydrogen (secondary N) is 2. The number of carbonyl (C=O) groups excluding carboxylic acids is 5. The minimum absolute atomic E-state index is 0.0505. The van der Waals surface area contributed by atoms with Gasteiger partial charge >= 0.3 is 6.03 Å². The Morgan fingerprint density at radius 3 is 2.21 bits per heavy atom. The predicted octanol–water partition coefficient (Wildman–Crippen LogP) is 3.09. The quantitative estimate of drug-likeness (QED) is 0.273. The number of likely N-dealkylation sites (tertiary alicyclic amines) is 1. The number of nitrogens with two attached hydrogens (primary N) is 1. The average Bonchev–Trinajstić information content (AvgIpc) is 3.68. The molecule has 1 aliphatic heterocycles. The maximum Gasteiger partial charge on any atom is 0.315 e. The molecule has 5 atom stereocenters. The summed E-state index contributed by atoms with van der Waals surface area (Å²) in [5, 5.41) is 5.77. The number of nitrogens with zero attached hydrogens (tertiary/aromatic N) is 1. The number of ketones is 2. The molecule has 1 unspecified atom stereocenters. The molecule has 38 heavy (non-hydrogen) atoms. The first kappa shape index (κ1) is 29.1. The molecule has 4 aliphatic rings. The number of piperidine rings is 1. The van der Waals surface area contributed by atoms with Crippen LogP contribution in [0, 0.1) is 29.6 Å². The molecule has 3 saturated carbocycles. The van der Waals surface area contributed by atoms with Crippen molar-refractivity contribution in [3.05, 3.63) is 0 Å². The van der Waals surface area contributed by atoms with Gasteiger partial charge in [-0.25, -0.2) is 4.79 Å². The molecular formula is C27H40Cl2N4O5. The van der Waals surface area contributed by atoms with Gasteiger partial charge in [0, 0.05) is 36.3 Å². The lowest BCUT2D eigenvalue weighted by Crippen LogP contribution is -2.59. The summed E-state index contributed by atoms with van der Waals surface area (Å²) < 4.78 is -1.13. The zero-order chi connectivity index (χ0) is 28.0. The van der Waals surface area contributed by atoms with Crippen molar-refractivity contribution in [2.45, 2.75) is 101 Å². The molecule has 0 aromatic carbocycles. The molecule has 4 rings (SSSR count). The van der Waals surface area contributed by atoms with Crippen LogP contribution in [-0.2, 0) is 19.2 Å². The van der Waals surface area contributed by atoms with Crippen LogP contribution < -0.4 is 16.4 Å². The lowest BCUT2D eigenvalue weighted by atomic mass is 9.83. The zero-order valence-electron chi connectivity index (χ0n) is 22.4. The van der Waals surface area contributed by atoms with Crippen molar-refractivity contribution in [3.8, 4) is 0 Å². The van der Waals surface area contributed by atoms with E-state index in [1.54, 1.807) is 0 Å². The van der Waals surface area contributed by atoms with Gasteiger partial charge in [0.15, 0.2) is 5.78 Å². The van der Waals surface area contributed by atoms with E-state index in [0.29, 0.717) is 12.3 Å². The summed E-state index contributed by atoms with van der Waals surface area (Å²) in [6.07, 6.45) is 6.76. The molecule has 0 aromatic heterocycles. The van der Waals surface area contributed by atoms with Crippen LogP contribution in [0.2, 0.25) is 0 Å². The van der Waals surface area contributed by atoms with Gasteiger partial charge in [0.25, 0.3) is 5.91 Å². The molecule has 4 fully saturated rings. The third kappa shape index (κ3) is 6.46. The van der Waals surface area contributed by atoms with E-state index in [1.807, 2.05) is 20.8 Å². The fourth-order valence-corrected chi connectivity index (χ4v) is 7.18. The maximum atomic E-state index is 14.1. The van der Waals surface area contributed by atoms with E-state index in [0.717, 1.165) is 44.9 Å². The summed E-state index contributed by atoms with van der Waals surface area (Å²) in [4.78, 5) is 66.3. The molecule has 212 valence electrons. The fraction of sp³-hybridized carbons (Fsp3) is 0.815. The van der Waals surface area contributed by atoms with Gasteiger partial charge in [-0.05, 0) is 51.9 Å². The number of Topliss-reactive ketones (excluding diaryl/α,β-unsaturated/α-hetero) is 2. The standard InChI is InChI=1S/C27H40Cl2N4O5/c1-26(2,3)32-25(38)31-20(15-7-5-4-6-8-15)24(37)33-13-17-19(27(17,28)29)21(33)18(34)12-16(11-14-9-10-14)22(35)23(30)36/h14-17,19-21H,4-13H2,1-3H3,(H2,30,36)(H2,31,32,38)/t16?,17-,19-,20-,21+/m0/s1. The Labute approximate surface area is 234 Å². The molecule has 11 heteroatoms. The molecular weight excluding hydrogens is 531 g/mol. The van der Waals surface area contributed by atoms with Crippen LogP contribution in [0.5, 0.6) is 0 Å². The molecule has 3 aliphatic carbocycles. The first-order valence-corrected chi connectivity index (χ1v) is 14.6. The van der Waals surface area contributed by atoms with Crippen molar-refractivity contribution in [3.63, 3.8) is 0 Å². The number of rotatable bonds is 10. The van der Waals surface area contributed by atoms with Crippen LogP contribution in [0.1, 0.15) is 78.6 Å². The predicted molar refractivity (Wildman–Crippen MR) is 143 cm³/mol. The highest BCUT2D eigenvalue weighted by Crippen LogP contribution is 2.65. The zero-order valence-corrected chi connectivity index (χ0v) is 23.9. The summed E-state index contributed by atoms with van der Waals surface area (Å²) in [6, 6.07) is -2.14. The van der Waals surface area contributed by atoms with E-state index in [9.17, 15) is 24.0 Å². The summed E-state index contributed by atoms with van der Waals surface area (Å²) in [5.41, 5.74) is 4.79. The second-order valence-electron chi connectivity index (χ2n) is 12.7. The van der Waals surface area contributed by atoms with Crippen LogP contribution in [-0.4, -0.2) is 62.8 Å². The third-order valence-corrected chi connectivity index (χ3v) is 9.55. The Balaban J connectivity index is 1.55. The number of carbonyl (C=O) groups is 5. The van der Waals surface area contributed by atoms with E-state index in [1.165, 1.54) is 4.90 Å². The Bertz CT molecular complexity index is 986. The van der Waals surface area contributed by atoms with Crippen molar-refractivity contribution in [1.82, 2.24) is 15.5 Å². The normalized spacial score (nSPS) is 28.1. The number of hydrogen-bond acceptors (Lipinski definition) is 5. The van der Waals surface area contributed by atoms with Crippen LogP contribution in [0.15, 0.2) is 0 Å². The number of urea groups is 1. The van der Waals surface area contributed by atoms with Crippen LogP contribution >= 0.6 is 23.2 Å². The Morgan fingerprint density at radius 1 is 1.03 bits per heavy atom. The SMILES string of the molecule is CC(C)(C)NC(=O)N[C@H](C(=O)N1C[C@H]2[C@@H]([C@H]1C(=O)CC(CC1CC1)C(=O)C(N)=O)C2(Cl)Cl)C1CCCCC1. The summed E-state index contributed by atoms with van der Waals surface area (Å²) in [5.74, 6) is -3.76. The molecule has 0 bridgehead atoms. The molecule has 0 aromatic rings. The van der Waals surface area contributed by atoms with Crippen LogP contribution in [0.4, 0.5) is 4.79 Å². The fourth-order valence-electron chi connectivity index (χ4n) is 6.35. The van der Waals surface area contributed by atoms with E-state index in [4.69, 9.17) is 28.9 Å². The smallest absolute Gasteiger partial charge is 0.315 e. The molecule has 0 spiro atoms. The topological polar surface area (TPSA) is 139 Å². The number of fused-ring (bicyclic) bond motifs is 1. The Morgan fingerprint density at radius 2 is 1.66 bits per heavy atom. The molecule has 0 radical (unpaired) electrons. The number of hydrogen-bond donors (Lipinski definition) is 3. The van der Waals surface area contributed by atoms with Crippen molar-refractivity contribution >= 4 is 52.6 Å². The molecule has 9 nitrogen and oxygen atoms in total. The number of primary amides is 1. The minimum Gasteiger partial charge on any atom is -0.363 e. The third-order valence-electron chi connectivity index (χ3n) is 8.48. The first-order valence-electron chi connectivity index (χ1n) is 13.8. The number of amides is 4. The van der Waals surface area contributed by atoms with E-state index in [-0.39, 0.29) is 36.5 Å². The van der Waals surface area contributed by atoms with E-state index >= 15 is 0 Å². The average molecular weight is 572 g/mol. The van der Waals surface area contributed by atoms with Gasteiger partial charge in [-0.3, -0.25) is 19.2 Å². The highest BCUT2D eigenvalue weighted by atomic mass is 35.5. The molecule has 1 heterocycles.